The minimum Gasteiger partial charge on any atom is -0.569 e. The molecule has 0 spiro atoms. The second kappa shape index (κ2) is 14.7. The Morgan fingerprint density at radius 1 is 1.13 bits per heavy atom. The molecule has 1 atom stereocenters. The standard InChI is InChI=1S/C27H31F3N6O8S/c1-18-7-9-21(10-8-18)24-17-25(27(28,29)30)31-35(24)22-11-13-23(14-12-22)45(40,41)32-26(38)42-16-6-5-15-34(4)36(39)33-44-20(3)43-19(2)37/h7-14,17,20H,5-6,15-16H2,1-4H3,(H,32,38). The van der Waals surface area contributed by atoms with E-state index in [2.05, 4.69) is 15.1 Å². The van der Waals surface area contributed by atoms with Gasteiger partial charge in [0.15, 0.2) is 5.69 Å². The molecular weight excluding hydrogens is 625 g/mol. The van der Waals surface area contributed by atoms with Crippen molar-refractivity contribution in [3.05, 3.63) is 71.1 Å². The number of carbonyl (C=O) groups is 2. The molecule has 1 amide bonds. The second-order valence-corrected chi connectivity index (χ2v) is 11.3. The lowest BCUT2D eigenvalue weighted by molar-refractivity contribution is -0.707. The number of aromatic nitrogens is 2. The summed E-state index contributed by atoms with van der Waals surface area (Å²) >= 11 is 0. The number of carbonyl (C=O) groups excluding carboxylic acids is 2. The van der Waals surface area contributed by atoms with Gasteiger partial charge in [0.05, 0.1) is 41.4 Å². The summed E-state index contributed by atoms with van der Waals surface area (Å²) in [7, 11) is -2.97. The Morgan fingerprint density at radius 3 is 2.38 bits per heavy atom. The molecule has 3 rings (SSSR count). The van der Waals surface area contributed by atoms with E-state index in [1.165, 1.54) is 33.0 Å². The van der Waals surface area contributed by atoms with Crippen LogP contribution in [0.2, 0.25) is 0 Å². The number of nitrogens with zero attached hydrogens (tertiary/aromatic N) is 5. The quantitative estimate of drug-likeness (QED) is 0.0679. The van der Waals surface area contributed by atoms with Crippen LogP contribution in [0.4, 0.5) is 18.0 Å². The third-order valence-corrected chi connectivity index (χ3v) is 7.28. The first-order chi connectivity index (χ1) is 21.1. The van der Waals surface area contributed by atoms with Gasteiger partial charge in [0.1, 0.15) is 0 Å². The number of amides is 1. The van der Waals surface area contributed by atoms with Crippen LogP contribution in [0.1, 0.15) is 37.9 Å². The molecule has 244 valence electrons. The molecule has 1 heterocycles. The predicted molar refractivity (Wildman–Crippen MR) is 151 cm³/mol. The molecule has 1 unspecified atom stereocenters. The van der Waals surface area contributed by atoms with Crippen LogP contribution in [-0.4, -0.2) is 66.7 Å². The number of esters is 1. The summed E-state index contributed by atoms with van der Waals surface area (Å²) in [5.74, 6) is -0.609. The fourth-order valence-corrected chi connectivity index (χ4v) is 4.62. The molecule has 0 aliphatic heterocycles. The molecule has 0 saturated carbocycles. The van der Waals surface area contributed by atoms with E-state index in [1.807, 2.05) is 6.92 Å². The molecule has 14 nitrogen and oxygen atoms in total. The van der Waals surface area contributed by atoms with Gasteiger partial charge in [-0.1, -0.05) is 29.8 Å². The van der Waals surface area contributed by atoms with E-state index >= 15 is 0 Å². The van der Waals surface area contributed by atoms with E-state index in [0.717, 1.165) is 33.5 Å². The minimum absolute atomic E-state index is 0.135. The average Bonchev–Trinajstić information content (AvgIpc) is 3.42. The van der Waals surface area contributed by atoms with Gasteiger partial charge in [-0.3, -0.25) is 9.63 Å². The van der Waals surface area contributed by atoms with Gasteiger partial charge in [-0.2, -0.15) is 18.3 Å². The second-order valence-electron chi connectivity index (χ2n) is 9.63. The van der Waals surface area contributed by atoms with E-state index in [-0.39, 0.29) is 40.8 Å². The fourth-order valence-electron chi connectivity index (χ4n) is 3.73. The predicted octanol–water partition coefficient (Wildman–Crippen LogP) is 4.71. The molecule has 18 heteroatoms. The van der Waals surface area contributed by atoms with Crippen molar-refractivity contribution in [1.82, 2.24) is 19.5 Å². The Labute approximate surface area is 256 Å². The Kier molecular flexibility index (Phi) is 11.3. The number of hydrazine groups is 1. The van der Waals surface area contributed by atoms with Gasteiger partial charge in [0.25, 0.3) is 16.3 Å². The van der Waals surface area contributed by atoms with Crippen molar-refractivity contribution in [3.8, 4) is 16.9 Å². The van der Waals surface area contributed by atoms with E-state index in [0.29, 0.717) is 12.0 Å². The molecule has 2 aromatic carbocycles. The summed E-state index contributed by atoms with van der Waals surface area (Å²) in [4.78, 5) is 27.4. The lowest BCUT2D eigenvalue weighted by Gasteiger charge is -2.14. The number of unbranched alkanes of at least 4 members (excludes halogenated alkanes) is 1. The number of aryl methyl sites for hydroxylation is 1. The smallest absolute Gasteiger partial charge is 0.435 e. The number of rotatable bonds is 13. The van der Waals surface area contributed by atoms with Crippen LogP contribution in [0.25, 0.3) is 16.9 Å². The number of halogens is 3. The SMILES string of the molecule is CC(=O)OC(C)ON=[N+]([O-])N(C)CCCCOC(=O)NS(=O)(=O)c1ccc(-n2nc(C(F)(F)F)cc2-c2ccc(C)cc2)cc1. The highest BCUT2D eigenvalue weighted by atomic mass is 32.2. The number of ether oxygens (including phenoxy) is 2. The van der Waals surface area contributed by atoms with Crippen LogP contribution in [0.3, 0.4) is 0 Å². The summed E-state index contributed by atoms with van der Waals surface area (Å²) in [6.07, 6.45) is -6.41. The van der Waals surface area contributed by atoms with E-state index in [1.54, 1.807) is 29.0 Å². The van der Waals surface area contributed by atoms with Gasteiger partial charge < -0.3 is 14.7 Å². The number of hydrogen-bond donors (Lipinski definition) is 1. The normalized spacial score (nSPS) is 12.7. The zero-order valence-electron chi connectivity index (χ0n) is 24.6. The van der Waals surface area contributed by atoms with Crippen molar-refractivity contribution >= 4 is 22.1 Å². The number of benzene rings is 2. The number of nitrogens with one attached hydrogen (secondary N) is 1. The maximum atomic E-state index is 13.5. The Balaban J connectivity index is 1.56. The zero-order chi connectivity index (χ0) is 33.4. The van der Waals surface area contributed by atoms with Gasteiger partial charge in [0.2, 0.25) is 5.28 Å². The van der Waals surface area contributed by atoms with E-state index < -0.39 is 40.2 Å². The van der Waals surface area contributed by atoms with Crippen LogP contribution in [0.5, 0.6) is 0 Å². The van der Waals surface area contributed by atoms with Crippen LogP contribution in [-0.2, 0) is 35.3 Å². The zero-order valence-corrected chi connectivity index (χ0v) is 25.5. The number of alkyl halides is 3. The fraction of sp³-hybridized carbons (Fsp3) is 0.370. The lowest BCUT2D eigenvalue weighted by atomic mass is 10.1. The van der Waals surface area contributed by atoms with E-state index in [9.17, 15) is 36.4 Å². The first-order valence-corrected chi connectivity index (χ1v) is 14.8. The molecule has 0 saturated heterocycles. The lowest BCUT2D eigenvalue weighted by Crippen LogP contribution is -2.31. The summed E-state index contributed by atoms with van der Waals surface area (Å²) in [5.41, 5.74) is 0.558. The van der Waals surface area contributed by atoms with Gasteiger partial charge in [-0.15, -0.1) is 5.01 Å². The van der Waals surface area contributed by atoms with Crippen molar-refractivity contribution in [2.24, 2.45) is 5.28 Å². The highest BCUT2D eigenvalue weighted by Crippen LogP contribution is 2.33. The molecule has 0 bridgehead atoms. The summed E-state index contributed by atoms with van der Waals surface area (Å²) in [5, 5.41) is 19.9. The van der Waals surface area contributed by atoms with Crippen molar-refractivity contribution < 1.29 is 50.5 Å². The monoisotopic (exact) mass is 656 g/mol. The third-order valence-electron chi connectivity index (χ3n) is 5.96. The number of sulfonamides is 1. The van der Waals surface area contributed by atoms with Gasteiger partial charge in [-0.05, 0) is 50.1 Å². The van der Waals surface area contributed by atoms with Crippen LogP contribution in [0, 0.1) is 12.1 Å². The molecule has 0 radical (unpaired) electrons. The molecule has 0 fully saturated rings. The van der Waals surface area contributed by atoms with Gasteiger partial charge >= 0.3 is 18.2 Å². The van der Waals surface area contributed by atoms with Crippen LogP contribution >= 0.6 is 0 Å². The summed E-state index contributed by atoms with van der Waals surface area (Å²) < 4.78 is 78.1. The topological polar surface area (TPSA) is 167 Å². The minimum atomic E-state index is -4.71. The largest absolute Gasteiger partial charge is 0.569 e. The first-order valence-electron chi connectivity index (χ1n) is 13.3. The highest BCUT2D eigenvalue weighted by Gasteiger charge is 2.35. The third kappa shape index (κ3) is 10.1. The van der Waals surface area contributed by atoms with Crippen molar-refractivity contribution in [1.29, 1.82) is 0 Å². The maximum absolute atomic E-state index is 13.5. The van der Waals surface area contributed by atoms with Crippen LogP contribution in [0.15, 0.2) is 64.8 Å². The van der Waals surface area contributed by atoms with Crippen LogP contribution < -0.4 is 4.72 Å². The Hall–Kier alpha value is -4.87. The average molecular weight is 657 g/mol. The Bertz CT molecular complexity index is 1610. The molecular formula is C27H31F3N6O8S. The number of hydrogen-bond acceptors (Lipinski definition) is 10. The molecule has 1 N–H and O–H groups in total. The van der Waals surface area contributed by atoms with Crippen molar-refractivity contribution in [3.63, 3.8) is 0 Å². The maximum Gasteiger partial charge on any atom is 0.435 e. The summed E-state index contributed by atoms with van der Waals surface area (Å²) in [6.45, 7) is 4.37. The van der Waals surface area contributed by atoms with Gasteiger partial charge in [0, 0.05) is 19.4 Å². The molecule has 0 aliphatic rings. The Morgan fingerprint density at radius 2 is 1.78 bits per heavy atom. The highest BCUT2D eigenvalue weighted by molar-refractivity contribution is 7.90. The van der Waals surface area contributed by atoms with Crippen molar-refractivity contribution in [2.45, 2.75) is 51.0 Å². The molecule has 0 aliphatic carbocycles. The van der Waals surface area contributed by atoms with Crippen molar-refractivity contribution in [2.75, 3.05) is 20.2 Å². The van der Waals surface area contributed by atoms with E-state index in [4.69, 9.17) is 9.57 Å². The first kappa shape index (κ1) is 34.6. The molecule has 45 heavy (non-hydrogen) atoms. The molecule has 1 aromatic heterocycles. The molecule has 3 aromatic rings. The summed E-state index contributed by atoms with van der Waals surface area (Å²) in [6, 6.07) is 12.4. The van der Waals surface area contributed by atoms with Gasteiger partial charge in [-0.25, -0.2) is 22.6 Å².